The number of nitrogens with one attached hydrogen (secondary N) is 1. The molecule has 0 aliphatic rings. The van der Waals surface area contributed by atoms with E-state index in [1.54, 1.807) is 0 Å². The van der Waals surface area contributed by atoms with Gasteiger partial charge in [0, 0.05) is 19.4 Å². The van der Waals surface area contributed by atoms with Gasteiger partial charge in [-0.1, -0.05) is 70.4 Å². The topological polar surface area (TPSA) is 86.6 Å². The number of allylic oxidation sites excluding steroid dienone is 2. The highest BCUT2D eigenvalue weighted by molar-refractivity contribution is 7.53. The highest BCUT2D eigenvalue weighted by Crippen LogP contribution is 2.54. The molecule has 8 heteroatoms. The first kappa shape index (κ1) is 28.2. The number of unbranched alkanes of at least 4 members (excludes halogenated alkanes) is 11. The van der Waals surface area contributed by atoms with E-state index >= 15 is 0 Å². The van der Waals surface area contributed by atoms with Crippen LogP contribution in [0, 0.1) is 0 Å². The maximum absolute atomic E-state index is 13.1. The third kappa shape index (κ3) is 16.7. The molecule has 0 fully saturated rings. The number of alkyl halides is 2. The van der Waals surface area contributed by atoms with E-state index < -0.39 is 26.2 Å². The number of rotatable bonds is 19. The van der Waals surface area contributed by atoms with Crippen LogP contribution in [0.15, 0.2) is 12.2 Å². The molecule has 0 aliphatic carbocycles. The van der Waals surface area contributed by atoms with E-state index in [4.69, 9.17) is 9.79 Å². The van der Waals surface area contributed by atoms with Gasteiger partial charge in [0.1, 0.15) is 0 Å². The predicted molar refractivity (Wildman–Crippen MR) is 114 cm³/mol. The molecule has 0 radical (unpaired) electrons. The minimum Gasteiger partial charge on any atom is -0.356 e. The van der Waals surface area contributed by atoms with Crippen LogP contribution in [-0.2, 0) is 9.36 Å². The van der Waals surface area contributed by atoms with Gasteiger partial charge in [0.2, 0.25) is 5.91 Å². The molecule has 0 saturated heterocycles. The summed E-state index contributed by atoms with van der Waals surface area (Å²) in [5, 5.41) is 2.29. The van der Waals surface area contributed by atoms with Crippen molar-refractivity contribution >= 4 is 13.5 Å². The van der Waals surface area contributed by atoms with Gasteiger partial charge in [0.05, 0.1) is 0 Å². The minimum atomic E-state index is -5.47. The summed E-state index contributed by atoms with van der Waals surface area (Å²) in [7, 11) is -5.47. The zero-order chi connectivity index (χ0) is 22.0. The highest BCUT2D eigenvalue weighted by atomic mass is 31.2. The number of carbonyl (C=O) groups is 1. The molecule has 0 rings (SSSR count). The van der Waals surface area contributed by atoms with Gasteiger partial charge >= 0.3 is 13.3 Å². The molecule has 3 N–H and O–H groups in total. The average Bonchev–Trinajstić information content (AvgIpc) is 2.63. The lowest BCUT2D eigenvalue weighted by Gasteiger charge is -2.17. The van der Waals surface area contributed by atoms with E-state index in [1.165, 1.54) is 44.9 Å². The molecule has 0 aromatic heterocycles. The second kappa shape index (κ2) is 17.0. The third-order valence-electron chi connectivity index (χ3n) is 4.84. The van der Waals surface area contributed by atoms with E-state index in [9.17, 15) is 18.1 Å². The lowest BCUT2D eigenvalue weighted by Crippen LogP contribution is -2.29. The van der Waals surface area contributed by atoms with Crippen LogP contribution in [0.5, 0.6) is 0 Å². The quantitative estimate of drug-likeness (QED) is 0.125. The summed E-state index contributed by atoms with van der Waals surface area (Å²) < 4.78 is 36.7. The monoisotopic (exact) mass is 439 g/mol. The fraction of sp³-hybridized carbons (Fsp3) is 0.857. The Morgan fingerprint density at radius 2 is 1.38 bits per heavy atom. The molecule has 0 heterocycles. The highest BCUT2D eigenvalue weighted by Gasteiger charge is 2.47. The second-order valence-corrected chi connectivity index (χ2v) is 9.39. The molecule has 172 valence electrons. The van der Waals surface area contributed by atoms with Gasteiger partial charge in [0.15, 0.2) is 0 Å². The van der Waals surface area contributed by atoms with Crippen LogP contribution in [0.3, 0.4) is 0 Å². The number of hydrogen-bond acceptors (Lipinski definition) is 2. The lowest BCUT2D eigenvalue weighted by molar-refractivity contribution is -0.121. The maximum atomic E-state index is 13.1. The zero-order valence-electron chi connectivity index (χ0n) is 17.9. The normalized spacial score (nSPS) is 12.6. The van der Waals surface area contributed by atoms with Crippen LogP contribution in [-0.4, -0.2) is 27.9 Å². The Bertz CT molecular complexity index is 495. The van der Waals surface area contributed by atoms with E-state index in [-0.39, 0.29) is 12.3 Å². The fourth-order valence-electron chi connectivity index (χ4n) is 2.94. The van der Waals surface area contributed by atoms with E-state index in [0.717, 1.165) is 32.1 Å². The average molecular weight is 440 g/mol. The first-order valence-electron chi connectivity index (χ1n) is 11.1. The summed E-state index contributed by atoms with van der Waals surface area (Å²) in [6, 6.07) is 0. The van der Waals surface area contributed by atoms with E-state index in [0.29, 0.717) is 6.42 Å². The molecule has 0 aromatic rings. The summed E-state index contributed by atoms with van der Waals surface area (Å²) >= 11 is 0. The third-order valence-corrected chi connectivity index (χ3v) is 5.92. The van der Waals surface area contributed by atoms with Gasteiger partial charge in [-0.2, -0.15) is 8.78 Å². The van der Waals surface area contributed by atoms with Crippen LogP contribution >= 0.6 is 7.60 Å². The molecule has 0 bridgehead atoms. The second-order valence-electron chi connectivity index (χ2n) is 7.64. The van der Waals surface area contributed by atoms with Crippen molar-refractivity contribution in [3.63, 3.8) is 0 Å². The van der Waals surface area contributed by atoms with Gasteiger partial charge < -0.3 is 15.1 Å². The van der Waals surface area contributed by atoms with Crippen molar-refractivity contribution in [1.82, 2.24) is 5.32 Å². The summed E-state index contributed by atoms with van der Waals surface area (Å²) in [6.45, 7) is 1.79. The van der Waals surface area contributed by atoms with E-state index in [1.807, 2.05) is 0 Å². The van der Waals surface area contributed by atoms with Crippen LogP contribution in [0.1, 0.15) is 103 Å². The summed E-state index contributed by atoms with van der Waals surface area (Å²) in [5.41, 5.74) is -4.09. The Morgan fingerprint density at radius 3 is 1.90 bits per heavy atom. The Labute approximate surface area is 174 Å². The van der Waals surface area contributed by atoms with Crippen molar-refractivity contribution in [3.05, 3.63) is 12.2 Å². The molecule has 0 saturated carbocycles. The summed E-state index contributed by atoms with van der Waals surface area (Å²) in [5.74, 6) is -0.357. The Kier molecular flexibility index (Phi) is 16.5. The van der Waals surface area contributed by atoms with Gasteiger partial charge in [-0.05, 0) is 32.1 Å². The van der Waals surface area contributed by atoms with Gasteiger partial charge in [-0.25, -0.2) is 0 Å². The molecule has 29 heavy (non-hydrogen) atoms. The lowest BCUT2D eigenvalue weighted by atomic mass is 10.1. The van der Waals surface area contributed by atoms with Crippen LogP contribution < -0.4 is 5.32 Å². The number of hydrogen-bond donors (Lipinski definition) is 3. The van der Waals surface area contributed by atoms with Crippen LogP contribution in [0.2, 0.25) is 0 Å². The minimum absolute atomic E-state index is 0.250. The molecule has 0 spiro atoms. The van der Waals surface area contributed by atoms with Crippen molar-refractivity contribution < 1.29 is 27.9 Å². The molecule has 0 aromatic carbocycles. The van der Waals surface area contributed by atoms with Crippen molar-refractivity contribution in [1.29, 1.82) is 0 Å². The number of carbonyl (C=O) groups excluding carboxylic acids is 1. The van der Waals surface area contributed by atoms with Gasteiger partial charge in [-0.15, -0.1) is 0 Å². The standard InChI is InChI=1S/C21H40F2NO4P/c1-2-3-4-5-6-7-8-9-10-11-12-13-14-15-16-17-20(25)24-19-18-21(22,23)29(26,27)28/h9-10H,2-8,11-19H2,1H3,(H,24,25)(H2,26,27,28)/b10-9-. The molecule has 5 nitrogen and oxygen atoms in total. The Morgan fingerprint density at radius 1 is 0.897 bits per heavy atom. The SMILES string of the molecule is CCCCCCCC/C=C\CCCCCCCC(=O)NCCC(F)(F)P(=O)(O)O. The molecule has 0 aliphatic heterocycles. The van der Waals surface area contributed by atoms with Crippen LogP contribution in [0.25, 0.3) is 0 Å². The largest absolute Gasteiger partial charge is 0.394 e. The maximum Gasteiger partial charge on any atom is 0.394 e. The molecular formula is C21H40F2NO4P. The first-order chi connectivity index (χ1) is 13.7. The smallest absolute Gasteiger partial charge is 0.356 e. The zero-order valence-corrected chi connectivity index (χ0v) is 18.8. The molecule has 1 amide bonds. The van der Waals surface area contributed by atoms with Crippen LogP contribution in [0.4, 0.5) is 8.78 Å². The van der Waals surface area contributed by atoms with E-state index in [2.05, 4.69) is 24.4 Å². The Hall–Kier alpha value is -0.780. The fourth-order valence-corrected chi connectivity index (χ4v) is 3.35. The summed E-state index contributed by atoms with van der Waals surface area (Å²) in [6.07, 6.45) is 18.8. The number of amides is 1. The molecule has 0 unspecified atom stereocenters. The van der Waals surface area contributed by atoms with Crippen molar-refractivity contribution in [3.8, 4) is 0 Å². The van der Waals surface area contributed by atoms with Crippen molar-refractivity contribution in [2.24, 2.45) is 0 Å². The first-order valence-corrected chi connectivity index (χ1v) is 12.7. The predicted octanol–water partition coefficient (Wildman–Crippen LogP) is 6.30. The molecule has 0 atom stereocenters. The Balaban J connectivity index is 3.45. The summed E-state index contributed by atoms with van der Waals surface area (Å²) in [4.78, 5) is 28.6. The van der Waals surface area contributed by atoms with Crippen molar-refractivity contribution in [2.75, 3.05) is 6.54 Å². The van der Waals surface area contributed by atoms with Crippen molar-refractivity contribution in [2.45, 2.75) is 109 Å². The number of halogens is 2. The molecular weight excluding hydrogens is 399 g/mol. The van der Waals surface area contributed by atoms with Gasteiger partial charge in [-0.3, -0.25) is 9.36 Å². The van der Waals surface area contributed by atoms with Gasteiger partial charge in [0.25, 0.3) is 0 Å².